The van der Waals surface area contributed by atoms with Gasteiger partial charge in [0.25, 0.3) is 10.0 Å². The fourth-order valence-corrected chi connectivity index (χ4v) is 2.31. The minimum absolute atomic E-state index is 0.129. The molecule has 17 heavy (non-hydrogen) atoms. The molecule has 1 N–H and O–H groups in total. The Bertz CT molecular complexity index is 614. The third kappa shape index (κ3) is 2.22. The molecular weight excluding hydrogens is 238 g/mol. The van der Waals surface area contributed by atoms with E-state index >= 15 is 0 Å². The SMILES string of the molecule is CNS(=O)(=O)c1ccnn1-c1ccc(C)cc1. The summed E-state index contributed by atoms with van der Waals surface area (Å²) in [7, 11) is -2.12. The van der Waals surface area contributed by atoms with E-state index in [-0.39, 0.29) is 5.03 Å². The van der Waals surface area contributed by atoms with E-state index in [0.29, 0.717) is 0 Å². The van der Waals surface area contributed by atoms with Gasteiger partial charge in [0.15, 0.2) is 5.03 Å². The van der Waals surface area contributed by atoms with E-state index in [1.807, 2.05) is 31.2 Å². The van der Waals surface area contributed by atoms with E-state index in [0.717, 1.165) is 11.3 Å². The second kappa shape index (κ2) is 4.31. The van der Waals surface area contributed by atoms with Gasteiger partial charge in [-0.3, -0.25) is 0 Å². The lowest BCUT2D eigenvalue weighted by Gasteiger charge is -2.07. The van der Waals surface area contributed by atoms with E-state index in [4.69, 9.17) is 0 Å². The first-order valence-corrected chi connectivity index (χ1v) is 6.57. The minimum atomic E-state index is -3.49. The van der Waals surface area contributed by atoms with Gasteiger partial charge >= 0.3 is 0 Å². The van der Waals surface area contributed by atoms with Crippen LogP contribution >= 0.6 is 0 Å². The molecule has 0 saturated heterocycles. The molecule has 1 heterocycles. The van der Waals surface area contributed by atoms with Gasteiger partial charge < -0.3 is 0 Å². The average Bonchev–Trinajstić information content (AvgIpc) is 2.80. The summed E-state index contributed by atoms with van der Waals surface area (Å²) in [6, 6.07) is 8.94. The number of hydrogen-bond acceptors (Lipinski definition) is 3. The molecule has 2 rings (SSSR count). The van der Waals surface area contributed by atoms with Crippen molar-refractivity contribution < 1.29 is 8.42 Å². The number of nitrogens with one attached hydrogen (secondary N) is 1. The van der Waals surface area contributed by atoms with Crippen molar-refractivity contribution in [1.29, 1.82) is 0 Å². The maximum absolute atomic E-state index is 11.8. The van der Waals surface area contributed by atoms with Crippen LogP contribution in [0.3, 0.4) is 0 Å². The molecule has 1 aromatic carbocycles. The zero-order valence-corrected chi connectivity index (χ0v) is 10.4. The Hall–Kier alpha value is -1.66. The highest BCUT2D eigenvalue weighted by molar-refractivity contribution is 7.89. The predicted octanol–water partition coefficient (Wildman–Crippen LogP) is 1.09. The van der Waals surface area contributed by atoms with Crippen LogP contribution in [0, 0.1) is 6.92 Å². The standard InChI is InChI=1S/C11H13N3O2S/c1-9-3-5-10(6-4-9)14-11(7-8-13-14)17(15,16)12-2/h3-8,12H,1-2H3. The highest BCUT2D eigenvalue weighted by atomic mass is 32.2. The highest BCUT2D eigenvalue weighted by Gasteiger charge is 2.17. The van der Waals surface area contributed by atoms with E-state index in [2.05, 4.69) is 9.82 Å². The van der Waals surface area contributed by atoms with Crippen molar-refractivity contribution in [2.45, 2.75) is 11.9 Å². The molecule has 0 radical (unpaired) electrons. The van der Waals surface area contributed by atoms with E-state index in [1.165, 1.54) is 24.0 Å². The number of hydrogen-bond donors (Lipinski definition) is 1. The third-order valence-electron chi connectivity index (χ3n) is 2.43. The highest BCUT2D eigenvalue weighted by Crippen LogP contribution is 2.15. The summed E-state index contributed by atoms with van der Waals surface area (Å²) in [6.45, 7) is 1.97. The van der Waals surface area contributed by atoms with Crippen molar-refractivity contribution in [1.82, 2.24) is 14.5 Å². The Morgan fingerprint density at radius 1 is 1.18 bits per heavy atom. The second-order valence-electron chi connectivity index (χ2n) is 3.62. The number of sulfonamides is 1. The maximum atomic E-state index is 11.8. The summed E-state index contributed by atoms with van der Waals surface area (Å²) >= 11 is 0. The van der Waals surface area contributed by atoms with Gasteiger partial charge in [-0.1, -0.05) is 17.7 Å². The quantitative estimate of drug-likeness (QED) is 0.888. The van der Waals surface area contributed by atoms with Gasteiger partial charge in [0.1, 0.15) is 0 Å². The monoisotopic (exact) mass is 251 g/mol. The van der Waals surface area contributed by atoms with Gasteiger partial charge in [-0.05, 0) is 32.2 Å². The molecule has 0 saturated carbocycles. The Kier molecular flexibility index (Phi) is 2.99. The fourth-order valence-electron chi connectivity index (χ4n) is 1.48. The van der Waals surface area contributed by atoms with Crippen molar-refractivity contribution in [3.63, 3.8) is 0 Å². The lowest BCUT2D eigenvalue weighted by molar-refractivity contribution is 0.578. The first-order valence-electron chi connectivity index (χ1n) is 5.09. The van der Waals surface area contributed by atoms with Gasteiger partial charge in [0, 0.05) is 0 Å². The van der Waals surface area contributed by atoms with Gasteiger partial charge in [-0.25, -0.2) is 17.8 Å². The number of benzene rings is 1. The van der Waals surface area contributed by atoms with E-state index in [1.54, 1.807) is 0 Å². The van der Waals surface area contributed by atoms with Gasteiger partial charge in [0.05, 0.1) is 11.9 Å². The molecule has 1 aromatic heterocycles. The number of aryl methyl sites for hydroxylation is 1. The first kappa shape index (κ1) is 11.8. The zero-order valence-electron chi connectivity index (χ0n) is 9.58. The van der Waals surface area contributed by atoms with Crippen LogP contribution in [0.5, 0.6) is 0 Å². The predicted molar refractivity (Wildman–Crippen MR) is 64.5 cm³/mol. The van der Waals surface area contributed by atoms with Crippen molar-refractivity contribution in [2.24, 2.45) is 0 Å². The Morgan fingerprint density at radius 3 is 2.41 bits per heavy atom. The molecule has 0 amide bonds. The second-order valence-corrected chi connectivity index (χ2v) is 5.46. The first-order chi connectivity index (χ1) is 8.04. The molecule has 0 fully saturated rings. The largest absolute Gasteiger partial charge is 0.257 e. The lowest BCUT2D eigenvalue weighted by Crippen LogP contribution is -2.21. The minimum Gasteiger partial charge on any atom is -0.221 e. The lowest BCUT2D eigenvalue weighted by atomic mass is 10.2. The van der Waals surface area contributed by atoms with Crippen LogP contribution in [0.25, 0.3) is 5.69 Å². The molecule has 0 unspecified atom stereocenters. The normalized spacial score (nSPS) is 11.6. The van der Waals surface area contributed by atoms with Crippen LogP contribution in [0.2, 0.25) is 0 Å². The van der Waals surface area contributed by atoms with Gasteiger partial charge in [-0.15, -0.1) is 0 Å². The number of rotatable bonds is 3. The molecule has 0 atom stereocenters. The number of nitrogens with zero attached hydrogens (tertiary/aromatic N) is 2. The summed E-state index contributed by atoms with van der Waals surface area (Å²) in [6.07, 6.45) is 1.46. The fraction of sp³-hybridized carbons (Fsp3) is 0.182. The van der Waals surface area contributed by atoms with E-state index < -0.39 is 10.0 Å². The molecule has 0 aliphatic carbocycles. The Labute approximate surface area is 100 Å². The molecule has 90 valence electrons. The van der Waals surface area contributed by atoms with Gasteiger partial charge in [-0.2, -0.15) is 5.10 Å². The van der Waals surface area contributed by atoms with Crippen LogP contribution < -0.4 is 4.72 Å². The van der Waals surface area contributed by atoms with Gasteiger partial charge in [0.2, 0.25) is 0 Å². The van der Waals surface area contributed by atoms with Crippen LogP contribution in [0.1, 0.15) is 5.56 Å². The topological polar surface area (TPSA) is 64.0 Å². The van der Waals surface area contributed by atoms with Crippen molar-refractivity contribution in [3.8, 4) is 5.69 Å². The molecule has 0 aliphatic heterocycles. The summed E-state index contributed by atoms with van der Waals surface area (Å²) in [4.78, 5) is 0. The summed E-state index contributed by atoms with van der Waals surface area (Å²) in [5.74, 6) is 0. The van der Waals surface area contributed by atoms with Crippen molar-refractivity contribution >= 4 is 10.0 Å². The molecule has 0 spiro atoms. The summed E-state index contributed by atoms with van der Waals surface area (Å²) in [5, 5.41) is 4.16. The van der Waals surface area contributed by atoms with Crippen LogP contribution in [0.15, 0.2) is 41.6 Å². The molecule has 0 aliphatic rings. The van der Waals surface area contributed by atoms with Crippen LogP contribution in [0.4, 0.5) is 0 Å². The summed E-state index contributed by atoms with van der Waals surface area (Å²) < 4.78 is 27.2. The smallest absolute Gasteiger partial charge is 0.221 e. The molecule has 5 nitrogen and oxygen atoms in total. The van der Waals surface area contributed by atoms with E-state index in [9.17, 15) is 8.42 Å². The summed E-state index contributed by atoms with van der Waals surface area (Å²) in [5.41, 5.74) is 1.83. The van der Waals surface area contributed by atoms with Crippen LogP contribution in [-0.4, -0.2) is 25.2 Å². The number of aromatic nitrogens is 2. The third-order valence-corrected chi connectivity index (χ3v) is 3.83. The average molecular weight is 251 g/mol. The molecule has 2 aromatic rings. The molecular formula is C11H13N3O2S. The zero-order chi connectivity index (χ0) is 12.5. The Morgan fingerprint density at radius 2 is 1.82 bits per heavy atom. The van der Waals surface area contributed by atoms with Crippen molar-refractivity contribution in [2.75, 3.05) is 7.05 Å². The van der Waals surface area contributed by atoms with Crippen molar-refractivity contribution in [3.05, 3.63) is 42.1 Å². The van der Waals surface area contributed by atoms with Crippen LogP contribution in [-0.2, 0) is 10.0 Å². The maximum Gasteiger partial charge on any atom is 0.257 e. The Balaban J connectivity index is 2.55. The molecule has 0 bridgehead atoms. The molecule has 6 heteroatoms.